The number of hydrogen-bond acceptors (Lipinski definition) is 3. The van der Waals surface area contributed by atoms with E-state index >= 15 is 0 Å². The van der Waals surface area contributed by atoms with E-state index in [2.05, 4.69) is 9.97 Å². The Bertz CT molecular complexity index is 474. The predicted octanol–water partition coefficient (Wildman–Crippen LogP) is 2.81. The first-order valence-electron chi connectivity index (χ1n) is 4.41. The molecule has 0 fully saturated rings. The minimum Gasteiger partial charge on any atom is -0.481 e. The Balaban J connectivity index is 2.53. The van der Waals surface area contributed by atoms with E-state index in [0.717, 1.165) is 11.1 Å². The van der Waals surface area contributed by atoms with Gasteiger partial charge in [0.05, 0.1) is 12.1 Å². The molecule has 2 aromatic heterocycles. The Morgan fingerprint density at radius 3 is 2.93 bits per heavy atom. The fourth-order valence-electron chi connectivity index (χ4n) is 1.33. The molecule has 0 spiro atoms. The summed E-state index contributed by atoms with van der Waals surface area (Å²) in [5.74, 6) is 0.571. The summed E-state index contributed by atoms with van der Waals surface area (Å²) in [5, 5.41) is 0.596. The maximum absolute atomic E-state index is 5.87. The number of hydrogen-bond donors (Lipinski definition) is 0. The van der Waals surface area contributed by atoms with Gasteiger partial charge >= 0.3 is 0 Å². The van der Waals surface area contributed by atoms with Crippen LogP contribution in [0.25, 0.3) is 11.1 Å². The number of aromatic nitrogens is 2. The van der Waals surface area contributed by atoms with Crippen LogP contribution >= 0.6 is 11.6 Å². The van der Waals surface area contributed by atoms with E-state index in [1.165, 1.54) is 0 Å². The summed E-state index contributed by atoms with van der Waals surface area (Å²) in [5.41, 5.74) is 1.78. The van der Waals surface area contributed by atoms with Gasteiger partial charge in [-0.3, -0.25) is 4.98 Å². The summed E-state index contributed by atoms with van der Waals surface area (Å²) in [6.45, 7) is 0. The normalized spacial score (nSPS) is 10.0. The molecule has 15 heavy (non-hydrogen) atoms. The average Bonchev–Trinajstić information content (AvgIpc) is 2.29. The summed E-state index contributed by atoms with van der Waals surface area (Å²) in [6.07, 6.45) is 5.00. The second-order valence-corrected chi connectivity index (χ2v) is 3.39. The molecule has 0 atom stereocenters. The van der Waals surface area contributed by atoms with Gasteiger partial charge in [0.2, 0.25) is 5.88 Å². The largest absolute Gasteiger partial charge is 0.481 e. The SMILES string of the molecule is COc1ncccc1-c1cncc(Cl)c1. The van der Waals surface area contributed by atoms with Crippen molar-refractivity contribution in [1.29, 1.82) is 0 Å². The summed E-state index contributed by atoms with van der Waals surface area (Å²) in [4.78, 5) is 8.13. The molecule has 2 heterocycles. The monoisotopic (exact) mass is 220 g/mol. The van der Waals surface area contributed by atoms with E-state index < -0.39 is 0 Å². The molecule has 0 aromatic carbocycles. The molecule has 0 saturated heterocycles. The molecular weight excluding hydrogens is 212 g/mol. The van der Waals surface area contributed by atoms with Crippen molar-refractivity contribution in [1.82, 2.24) is 9.97 Å². The lowest BCUT2D eigenvalue weighted by molar-refractivity contribution is 0.399. The molecule has 2 aromatic rings. The van der Waals surface area contributed by atoms with Crippen LogP contribution in [-0.2, 0) is 0 Å². The third-order valence-corrected chi connectivity index (χ3v) is 2.19. The summed E-state index contributed by atoms with van der Waals surface area (Å²) in [7, 11) is 1.59. The highest BCUT2D eigenvalue weighted by Gasteiger charge is 2.06. The van der Waals surface area contributed by atoms with E-state index in [1.54, 1.807) is 25.7 Å². The van der Waals surface area contributed by atoms with Crippen LogP contribution in [0.3, 0.4) is 0 Å². The molecule has 0 aliphatic carbocycles. The van der Waals surface area contributed by atoms with Crippen LogP contribution in [0.4, 0.5) is 0 Å². The van der Waals surface area contributed by atoms with Gasteiger partial charge in [-0.05, 0) is 18.2 Å². The Morgan fingerprint density at radius 1 is 1.33 bits per heavy atom. The van der Waals surface area contributed by atoms with Gasteiger partial charge in [-0.1, -0.05) is 11.6 Å². The number of methoxy groups -OCH3 is 1. The maximum Gasteiger partial charge on any atom is 0.221 e. The van der Waals surface area contributed by atoms with Crippen LogP contribution in [0.2, 0.25) is 5.02 Å². The lowest BCUT2D eigenvalue weighted by Gasteiger charge is -2.06. The van der Waals surface area contributed by atoms with Gasteiger partial charge in [-0.25, -0.2) is 4.98 Å². The second-order valence-electron chi connectivity index (χ2n) is 2.95. The molecular formula is C11H9ClN2O. The zero-order chi connectivity index (χ0) is 10.7. The Kier molecular flexibility index (Phi) is 2.83. The summed E-state index contributed by atoms with van der Waals surface area (Å²) in [6, 6.07) is 5.59. The zero-order valence-corrected chi connectivity index (χ0v) is 8.90. The van der Waals surface area contributed by atoms with E-state index in [9.17, 15) is 0 Å². The quantitative estimate of drug-likeness (QED) is 0.781. The first-order valence-corrected chi connectivity index (χ1v) is 4.79. The van der Waals surface area contributed by atoms with Crippen molar-refractivity contribution in [3.63, 3.8) is 0 Å². The Hall–Kier alpha value is -1.61. The molecule has 0 N–H and O–H groups in total. The molecule has 4 heteroatoms. The molecule has 0 aliphatic heterocycles. The highest BCUT2D eigenvalue weighted by Crippen LogP contribution is 2.28. The molecule has 0 aliphatic rings. The molecule has 2 rings (SSSR count). The van der Waals surface area contributed by atoms with E-state index in [-0.39, 0.29) is 0 Å². The predicted molar refractivity (Wildman–Crippen MR) is 59.0 cm³/mol. The van der Waals surface area contributed by atoms with Gasteiger partial charge in [0, 0.05) is 29.7 Å². The Morgan fingerprint density at radius 2 is 2.20 bits per heavy atom. The summed E-state index contributed by atoms with van der Waals surface area (Å²) < 4.78 is 5.16. The van der Waals surface area contributed by atoms with Gasteiger partial charge in [0.15, 0.2) is 0 Å². The van der Waals surface area contributed by atoms with Crippen molar-refractivity contribution in [2.75, 3.05) is 7.11 Å². The van der Waals surface area contributed by atoms with Crippen molar-refractivity contribution in [3.8, 4) is 17.0 Å². The average molecular weight is 221 g/mol. The van der Waals surface area contributed by atoms with Crippen LogP contribution < -0.4 is 4.74 Å². The number of nitrogens with zero attached hydrogens (tertiary/aromatic N) is 2. The molecule has 0 radical (unpaired) electrons. The van der Waals surface area contributed by atoms with Crippen LogP contribution in [0.5, 0.6) is 5.88 Å². The highest BCUT2D eigenvalue weighted by atomic mass is 35.5. The zero-order valence-electron chi connectivity index (χ0n) is 8.14. The third kappa shape index (κ3) is 2.07. The van der Waals surface area contributed by atoms with Crippen LogP contribution in [0.15, 0.2) is 36.8 Å². The third-order valence-electron chi connectivity index (χ3n) is 1.98. The minimum atomic E-state index is 0.571. The van der Waals surface area contributed by atoms with Crippen molar-refractivity contribution in [2.45, 2.75) is 0 Å². The van der Waals surface area contributed by atoms with Crippen LogP contribution in [0.1, 0.15) is 0 Å². The topological polar surface area (TPSA) is 35.0 Å². The molecule has 0 bridgehead atoms. The van der Waals surface area contributed by atoms with Gasteiger partial charge in [0.1, 0.15) is 0 Å². The molecule has 0 saturated carbocycles. The van der Waals surface area contributed by atoms with Crippen molar-refractivity contribution in [3.05, 3.63) is 41.8 Å². The molecule has 0 unspecified atom stereocenters. The van der Waals surface area contributed by atoms with E-state index in [0.29, 0.717) is 10.9 Å². The minimum absolute atomic E-state index is 0.571. The Labute approximate surface area is 92.7 Å². The second kappa shape index (κ2) is 4.28. The fraction of sp³-hybridized carbons (Fsp3) is 0.0909. The standard InChI is InChI=1S/C11H9ClN2O/c1-15-11-10(3-2-4-14-11)8-5-9(12)7-13-6-8/h2-7H,1H3. The number of halogens is 1. The fourth-order valence-corrected chi connectivity index (χ4v) is 1.51. The number of rotatable bonds is 2. The maximum atomic E-state index is 5.87. The lowest BCUT2D eigenvalue weighted by Crippen LogP contribution is -1.91. The number of ether oxygens (including phenoxy) is 1. The van der Waals surface area contributed by atoms with Crippen molar-refractivity contribution >= 4 is 11.6 Å². The van der Waals surface area contributed by atoms with E-state index in [4.69, 9.17) is 16.3 Å². The highest BCUT2D eigenvalue weighted by molar-refractivity contribution is 6.30. The number of pyridine rings is 2. The first kappa shape index (κ1) is 9.93. The summed E-state index contributed by atoms with van der Waals surface area (Å²) >= 11 is 5.87. The smallest absolute Gasteiger partial charge is 0.221 e. The first-order chi connectivity index (χ1) is 7.31. The van der Waals surface area contributed by atoms with Crippen molar-refractivity contribution < 1.29 is 4.74 Å². The van der Waals surface area contributed by atoms with Crippen LogP contribution in [0, 0.1) is 0 Å². The molecule has 76 valence electrons. The van der Waals surface area contributed by atoms with Gasteiger partial charge < -0.3 is 4.74 Å². The van der Waals surface area contributed by atoms with Gasteiger partial charge in [-0.15, -0.1) is 0 Å². The van der Waals surface area contributed by atoms with Gasteiger partial charge in [-0.2, -0.15) is 0 Å². The van der Waals surface area contributed by atoms with Crippen molar-refractivity contribution in [2.24, 2.45) is 0 Å². The van der Waals surface area contributed by atoms with Crippen LogP contribution in [-0.4, -0.2) is 17.1 Å². The molecule has 3 nitrogen and oxygen atoms in total. The molecule has 0 amide bonds. The van der Waals surface area contributed by atoms with Gasteiger partial charge in [0.25, 0.3) is 0 Å². The van der Waals surface area contributed by atoms with E-state index in [1.807, 2.05) is 18.2 Å². The lowest BCUT2D eigenvalue weighted by atomic mass is 10.1.